The first-order chi connectivity index (χ1) is 6.77. The predicted octanol–water partition coefficient (Wildman–Crippen LogP) is 2.08. The van der Waals surface area contributed by atoms with E-state index in [1.807, 2.05) is 12.1 Å². The second-order valence-electron chi connectivity index (χ2n) is 4.18. The Morgan fingerprint density at radius 2 is 2.07 bits per heavy atom. The molecule has 0 aliphatic carbocycles. The summed E-state index contributed by atoms with van der Waals surface area (Å²) in [6.07, 6.45) is 1.36. The van der Waals surface area contributed by atoms with Crippen LogP contribution in [0.15, 0.2) is 24.3 Å². The molecule has 0 radical (unpaired) electrons. The maximum absolute atomic E-state index is 5.94. The highest BCUT2D eigenvalue weighted by Crippen LogP contribution is 2.23. The molecule has 0 aromatic heterocycles. The van der Waals surface area contributed by atoms with Gasteiger partial charge in [-0.1, -0.05) is 25.1 Å². The molecule has 0 bridgehead atoms. The van der Waals surface area contributed by atoms with Crippen molar-refractivity contribution in [3.63, 3.8) is 0 Å². The minimum atomic E-state index is 0.552. The lowest BCUT2D eigenvalue weighted by atomic mass is 9.97. The van der Waals surface area contributed by atoms with Gasteiger partial charge in [-0.2, -0.15) is 0 Å². The molecule has 1 aromatic rings. The summed E-state index contributed by atoms with van der Waals surface area (Å²) in [4.78, 5) is 2.48. The van der Waals surface area contributed by atoms with Gasteiger partial charge < -0.3 is 10.6 Å². The van der Waals surface area contributed by atoms with Crippen LogP contribution >= 0.6 is 0 Å². The molecule has 2 heteroatoms. The summed E-state index contributed by atoms with van der Waals surface area (Å²) in [6.45, 7) is 5.92. The topological polar surface area (TPSA) is 29.3 Å². The molecular weight excluding hydrogens is 172 g/mol. The monoisotopic (exact) mass is 190 g/mol. The molecule has 1 fully saturated rings. The van der Waals surface area contributed by atoms with E-state index in [9.17, 15) is 0 Å². The summed E-state index contributed by atoms with van der Waals surface area (Å²) < 4.78 is 0. The van der Waals surface area contributed by atoms with Crippen molar-refractivity contribution >= 4 is 5.69 Å². The lowest BCUT2D eigenvalue weighted by Crippen LogP contribution is -2.39. The molecule has 0 amide bonds. The van der Waals surface area contributed by atoms with E-state index >= 15 is 0 Å². The maximum atomic E-state index is 5.94. The Kier molecular flexibility index (Phi) is 2.73. The van der Waals surface area contributed by atoms with Gasteiger partial charge in [0.05, 0.1) is 0 Å². The second-order valence-corrected chi connectivity index (χ2v) is 4.18. The average molecular weight is 190 g/mol. The highest BCUT2D eigenvalue weighted by Gasteiger charge is 2.18. The number of anilines is 1. The van der Waals surface area contributed by atoms with Crippen LogP contribution in [0, 0.1) is 0 Å². The van der Waals surface area contributed by atoms with Gasteiger partial charge in [-0.3, -0.25) is 0 Å². The zero-order valence-electron chi connectivity index (χ0n) is 8.74. The van der Waals surface area contributed by atoms with Crippen LogP contribution in [-0.4, -0.2) is 24.5 Å². The highest BCUT2D eigenvalue weighted by atomic mass is 15.2. The summed E-state index contributed by atoms with van der Waals surface area (Å²) >= 11 is 0. The van der Waals surface area contributed by atoms with Crippen molar-refractivity contribution in [1.82, 2.24) is 4.90 Å². The zero-order chi connectivity index (χ0) is 9.97. The highest BCUT2D eigenvalue weighted by molar-refractivity contribution is 5.48. The van der Waals surface area contributed by atoms with Crippen molar-refractivity contribution in [3.8, 4) is 0 Å². The van der Waals surface area contributed by atoms with E-state index in [0.29, 0.717) is 5.92 Å². The van der Waals surface area contributed by atoms with Crippen LogP contribution in [0.5, 0.6) is 0 Å². The van der Waals surface area contributed by atoms with Crippen molar-refractivity contribution in [2.45, 2.75) is 19.3 Å². The lowest BCUT2D eigenvalue weighted by Gasteiger charge is -2.33. The van der Waals surface area contributed by atoms with E-state index in [1.165, 1.54) is 25.1 Å². The van der Waals surface area contributed by atoms with Crippen LogP contribution in [0.1, 0.15) is 24.8 Å². The Hall–Kier alpha value is -1.02. The Morgan fingerprint density at radius 1 is 1.36 bits per heavy atom. The van der Waals surface area contributed by atoms with Crippen LogP contribution in [0.2, 0.25) is 0 Å². The summed E-state index contributed by atoms with van der Waals surface area (Å²) in [5, 5.41) is 0. The Morgan fingerprint density at radius 3 is 2.64 bits per heavy atom. The van der Waals surface area contributed by atoms with Gasteiger partial charge in [-0.15, -0.1) is 0 Å². The molecule has 1 atom stereocenters. The fraction of sp³-hybridized carbons (Fsp3) is 0.500. The van der Waals surface area contributed by atoms with Crippen molar-refractivity contribution < 1.29 is 0 Å². The molecule has 2 N–H and O–H groups in total. The first-order valence-corrected chi connectivity index (χ1v) is 5.34. The molecular formula is C12H18N2. The first-order valence-electron chi connectivity index (χ1n) is 5.34. The van der Waals surface area contributed by atoms with Crippen molar-refractivity contribution in [2.24, 2.45) is 0 Å². The molecule has 1 aliphatic heterocycles. The summed E-state index contributed by atoms with van der Waals surface area (Å²) in [5.74, 6) is 0.552. The van der Waals surface area contributed by atoms with Gasteiger partial charge in [0.25, 0.3) is 0 Å². The molecule has 1 aromatic carbocycles. The normalized spacial score (nSPS) is 18.9. The quantitative estimate of drug-likeness (QED) is 0.739. The van der Waals surface area contributed by atoms with Crippen molar-refractivity contribution in [1.29, 1.82) is 0 Å². The SMILES string of the molecule is CC(CN1CCC1)c1ccccc1N. The van der Waals surface area contributed by atoms with Gasteiger partial charge in [-0.05, 0) is 37.1 Å². The fourth-order valence-electron chi connectivity index (χ4n) is 2.01. The third-order valence-electron chi connectivity index (χ3n) is 3.01. The molecule has 1 unspecified atom stereocenters. The fourth-order valence-corrected chi connectivity index (χ4v) is 2.01. The van der Waals surface area contributed by atoms with Crippen molar-refractivity contribution in [3.05, 3.63) is 29.8 Å². The number of nitrogens with zero attached hydrogens (tertiary/aromatic N) is 1. The number of benzene rings is 1. The Bertz CT molecular complexity index is 305. The van der Waals surface area contributed by atoms with E-state index in [0.717, 1.165) is 12.2 Å². The van der Waals surface area contributed by atoms with Gasteiger partial charge in [0.2, 0.25) is 0 Å². The van der Waals surface area contributed by atoms with Gasteiger partial charge >= 0.3 is 0 Å². The number of nitrogens with two attached hydrogens (primary N) is 1. The van der Waals surface area contributed by atoms with E-state index in [4.69, 9.17) is 5.73 Å². The number of hydrogen-bond donors (Lipinski definition) is 1. The number of rotatable bonds is 3. The molecule has 2 rings (SSSR count). The minimum Gasteiger partial charge on any atom is -0.398 e. The predicted molar refractivity (Wildman–Crippen MR) is 60.3 cm³/mol. The Labute approximate surface area is 85.7 Å². The lowest BCUT2D eigenvalue weighted by molar-refractivity contribution is 0.173. The van der Waals surface area contributed by atoms with Crippen molar-refractivity contribution in [2.75, 3.05) is 25.4 Å². The van der Waals surface area contributed by atoms with Crippen LogP contribution in [-0.2, 0) is 0 Å². The first kappa shape index (κ1) is 9.53. The minimum absolute atomic E-state index is 0.552. The van der Waals surface area contributed by atoms with E-state index in [1.54, 1.807) is 0 Å². The summed E-state index contributed by atoms with van der Waals surface area (Å²) in [6, 6.07) is 8.19. The zero-order valence-corrected chi connectivity index (χ0v) is 8.74. The third-order valence-corrected chi connectivity index (χ3v) is 3.01. The molecule has 1 saturated heterocycles. The van der Waals surface area contributed by atoms with Gasteiger partial charge in [0, 0.05) is 12.2 Å². The molecule has 2 nitrogen and oxygen atoms in total. The third kappa shape index (κ3) is 1.90. The molecule has 76 valence electrons. The molecule has 0 saturated carbocycles. The molecule has 1 aliphatic rings. The van der Waals surface area contributed by atoms with E-state index in [-0.39, 0.29) is 0 Å². The second kappa shape index (κ2) is 4.01. The van der Waals surface area contributed by atoms with E-state index in [2.05, 4.69) is 24.0 Å². The molecule has 14 heavy (non-hydrogen) atoms. The molecule has 0 spiro atoms. The average Bonchev–Trinajstić information content (AvgIpc) is 2.12. The van der Waals surface area contributed by atoms with Crippen LogP contribution in [0.4, 0.5) is 5.69 Å². The van der Waals surface area contributed by atoms with Crippen LogP contribution < -0.4 is 5.73 Å². The largest absolute Gasteiger partial charge is 0.398 e. The van der Waals surface area contributed by atoms with Gasteiger partial charge in [-0.25, -0.2) is 0 Å². The summed E-state index contributed by atoms with van der Waals surface area (Å²) in [7, 11) is 0. The number of nitrogen functional groups attached to an aromatic ring is 1. The van der Waals surface area contributed by atoms with E-state index < -0.39 is 0 Å². The standard InChI is InChI=1S/C12H18N2/c1-10(9-14-7-4-8-14)11-5-2-3-6-12(11)13/h2-3,5-6,10H,4,7-9,13H2,1H3. The Balaban J connectivity index is 2.02. The number of likely N-dealkylation sites (tertiary alicyclic amines) is 1. The van der Waals surface area contributed by atoms with Gasteiger partial charge in [0.1, 0.15) is 0 Å². The van der Waals surface area contributed by atoms with Gasteiger partial charge in [0.15, 0.2) is 0 Å². The maximum Gasteiger partial charge on any atom is 0.0349 e. The van der Waals surface area contributed by atoms with Crippen LogP contribution in [0.3, 0.4) is 0 Å². The molecule has 1 heterocycles. The number of hydrogen-bond acceptors (Lipinski definition) is 2. The number of para-hydroxylation sites is 1. The smallest absolute Gasteiger partial charge is 0.0349 e. The summed E-state index contributed by atoms with van der Waals surface area (Å²) in [5.41, 5.74) is 8.16. The van der Waals surface area contributed by atoms with Crippen LogP contribution in [0.25, 0.3) is 0 Å².